The number of rotatable bonds is 6. The van der Waals surface area contributed by atoms with E-state index >= 15 is 0 Å². The van der Waals surface area contributed by atoms with E-state index in [1.54, 1.807) is 24.1 Å². The topological polar surface area (TPSA) is 42.7 Å². The molecule has 0 N–H and O–H groups in total. The largest absolute Gasteiger partial charge is 0.491 e. The van der Waals surface area contributed by atoms with Crippen molar-refractivity contribution in [3.05, 3.63) is 53.0 Å². The predicted molar refractivity (Wildman–Crippen MR) is 86.6 cm³/mol. The molecule has 0 saturated heterocycles. The molecular formula is C17H20ClNO3. The number of hydrogen-bond acceptors (Lipinski definition) is 3. The second kappa shape index (κ2) is 7.36. The van der Waals surface area contributed by atoms with Crippen molar-refractivity contribution in [1.82, 2.24) is 4.90 Å². The fraction of sp³-hybridized carbons (Fsp3) is 0.353. The average molecular weight is 322 g/mol. The lowest BCUT2D eigenvalue weighted by molar-refractivity contribution is 0.0741. The van der Waals surface area contributed by atoms with Crippen LogP contribution in [0.5, 0.6) is 5.75 Å². The number of hydrogen-bond donors (Lipinski definition) is 0. The number of alkyl halides is 1. The van der Waals surface area contributed by atoms with Gasteiger partial charge >= 0.3 is 0 Å². The summed E-state index contributed by atoms with van der Waals surface area (Å²) in [6.07, 6.45) is 0. The molecule has 1 aromatic heterocycles. The van der Waals surface area contributed by atoms with Crippen molar-refractivity contribution in [2.45, 2.75) is 19.7 Å². The lowest BCUT2D eigenvalue weighted by Gasteiger charge is -2.17. The molecule has 0 radical (unpaired) electrons. The summed E-state index contributed by atoms with van der Waals surface area (Å²) in [5.74, 6) is 1.80. The number of benzene rings is 1. The van der Waals surface area contributed by atoms with Crippen LogP contribution in [0.15, 0.2) is 34.7 Å². The van der Waals surface area contributed by atoms with E-state index in [1.165, 1.54) is 5.56 Å². The van der Waals surface area contributed by atoms with E-state index in [9.17, 15) is 4.79 Å². The molecule has 0 aliphatic heterocycles. The molecule has 0 saturated carbocycles. The van der Waals surface area contributed by atoms with Gasteiger partial charge < -0.3 is 14.1 Å². The summed E-state index contributed by atoms with van der Waals surface area (Å²) in [4.78, 5) is 13.7. The van der Waals surface area contributed by atoms with Crippen molar-refractivity contribution < 1.29 is 13.9 Å². The monoisotopic (exact) mass is 321 g/mol. The lowest BCUT2D eigenvalue weighted by atomic mass is 10.1. The van der Waals surface area contributed by atoms with E-state index in [0.717, 1.165) is 11.3 Å². The molecule has 1 aromatic carbocycles. The minimum Gasteiger partial charge on any atom is -0.491 e. The number of halogens is 1. The van der Waals surface area contributed by atoms with Gasteiger partial charge in [-0.3, -0.25) is 4.79 Å². The van der Waals surface area contributed by atoms with Gasteiger partial charge in [0.2, 0.25) is 0 Å². The summed E-state index contributed by atoms with van der Waals surface area (Å²) >= 11 is 5.66. The lowest BCUT2D eigenvalue weighted by Crippen LogP contribution is -2.30. The molecular weight excluding hydrogens is 302 g/mol. The summed E-state index contributed by atoms with van der Waals surface area (Å²) in [5, 5.41) is 0. The van der Waals surface area contributed by atoms with Crippen LogP contribution in [0.4, 0.5) is 0 Å². The first-order valence-corrected chi connectivity index (χ1v) is 7.65. The number of carbonyl (C=O) groups is 1. The fourth-order valence-corrected chi connectivity index (χ4v) is 2.25. The molecule has 0 aliphatic rings. The number of likely N-dealkylation sites (N-methyl/N-ethyl adjacent to an activating group) is 1. The highest BCUT2D eigenvalue weighted by molar-refractivity contribution is 6.16. The van der Waals surface area contributed by atoms with Crippen molar-refractivity contribution in [1.29, 1.82) is 0 Å². The Kier molecular flexibility index (Phi) is 5.50. The molecule has 0 unspecified atom stereocenters. The fourth-order valence-electron chi connectivity index (χ4n) is 2.11. The molecule has 5 heteroatoms. The maximum absolute atomic E-state index is 12.2. The Labute approximate surface area is 135 Å². The standard InChI is InChI=1S/C17H20ClNO3/c1-12-4-6-15(13(2)10-12)21-9-8-19(3)17(20)16-7-5-14(11-18)22-16/h4-7,10H,8-9,11H2,1-3H3. The highest BCUT2D eigenvalue weighted by atomic mass is 35.5. The molecule has 2 rings (SSSR count). The third-order valence-corrected chi connectivity index (χ3v) is 3.63. The Balaban J connectivity index is 1.86. The van der Waals surface area contributed by atoms with Crippen LogP contribution in [0.2, 0.25) is 0 Å². The summed E-state index contributed by atoms with van der Waals surface area (Å²) < 4.78 is 11.1. The van der Waals surface area contributed by atoms with Crippen LogP contribution in [-0.4, -0.2) is 31.0 Å². The summed E-state index contributed by atoms with van der Waals surface area (Å²) in [6, 6.07) is 9.38. The second-order valence-electron chi connectivity index (χ2n) is 5.24. The van der Waals surface area contributed by atoms with Gasteiger partial charge in [-0.05, 0) is 37.6 Å². The molecule has 0 spiro atoms. The van der Waals surface area contributed by atoms with Crippen molar-refractivity contribution in [2.24, 2.45) is 0 Å². The molecule has 0 fully saturated rings. The number of carbonyl (C=O) groups excluding carboxylic acids is 1. The van der Waals surface area contributed by atoms with Gasteiger partial charge in [0.25, 0.3) is 5.91 Å². The number of aryl methyl sites for hydroxylation is 2. The Morgan fingerprint density at radius 2 is 2.05 bits per heavy atom. The van der Waals surface area contributed by atoms with Gasteiger partial charge in [-0.1, -0.05) is 17.7 Å². The molecule has 22 heavy (non-hydrogen) atoms. The molecule has 0 bridgehead atoms. The smallest absolute Gasteiger partial charge is 0.289 e. The molecule has 0 aliphatic carbocycles. The number of furan rings is 1. The highest BCUT2D eigenvalue weighted by Gasteiger charge is 2.15. The Bertz CT molecular complexity index is 651. The normalized spacial score (nSPS) is 10.5. The van der Waals surface area contributed by atoms with E-state index in [1.807, 2.05) is 26.0 Å². The van der Waals surface area contributed by atoms with E-state index in [2.05, 4.69) is 6.07 Å². The van der Waals surface area contributed by atoms with Crippen molar-refractivity contribution >= 4 is 17.5 Å². The highest BCUT2D eigenvalue weighted by Crippen LogP contribution is 2.18. The van der Waals surface area contributed by atoms with Gasteiger partial charge in [0.05, 0.1) is 12.4 Å². The molecule has 1 heterocycles. The number of nitrogens with zero attached hydrogens (tertiary/aromatic N) is 1. The molecule has 2 aromatic rings. The van der Waals surface area contributed by atoms with Crippen LogP contribution in [0.25, 0.3) is 0 Å². The first-order valence-electron chi connectivity index (χ1n) is 7.11. The van der Waals surface area contributed by atoms with Crippen LogP contribution in [0.3, 0.4) is 0 Å². The van der Waals surface area contributed by atoms with Gasteiger partial charge in [-0.25, -0.2) is 0 Å². The van der Waals surface area contributed by atoms with Crippen LogP contribution in [0, 0.1) is 13.8 Å². The first-order chi connectivity index (χ1) is 10.5. The van der Waals surface area contributed by atoms with Crippen molar-refractivity contribution in [3.8, 4) is 5.75 Å². The predicted octanol–water partition coefficient (Wildman–Crippen LogP) is 3.79. The Morgan fingerprint density at radius 3 is 2.68 bits per heavy atom. The van der Waals surface area contributed by atoms with Gasteiger partial charge in [0.15, 0.2) is 5.76 Å². The zero-order valence-corrected chi connectivity index (χ0v) is 13.8. The maximum atomic E-state index is 12.2. The van der Waals surface area contributed by atoms with Crippen LogP contribution < -0.4 is 4.74 Å². The van der Waals surface area contributed by atoms with Gasteiger partial charge in [-0.2, -0.15) is 0 Å². The van der Waals surface area contributed by atoms with Crippen LogP contribution in [-0.2, 0) is 5.88 Å². The summed E-state index contributed by atoms with van der Waals surface area (Å²) in [6.45, 7) is 4.95. The Hall–Kier alpha value is -1.94. The van der Waals surface area contributed by atoms with E-state index in [4.69, 9.17) is 20.8 Å². The van der Waals surface area contributed by atoms with E-state index < -0.39 is 0 Å². The van der Waals surface area contributed by atoms with Crippen LogP contribution >= 0.6 is 11.6 Å². The molecule has 0 atom stereocenters. The zero-order chi connectivity index (χ0) is 16.1. The third kappa shape index (κ3) is 4.04. The second-order valence-corrected chi connectivity index (χ2v) is 5.51. The maximum Gasteiger partial charge on any atom is 0.289 e. The number of amides is 1. The summed E-state index contributed by atoms with van der Waals surface area (Å²) in [5.41, 5.74) is 2.29. The number of ether oxygens (including phenoxy) is 1. The first kappa shape index (κ1) is 16.4. The minimum absolute atomic E-state index is 0.180. The van der Waals surface area contributed by atoms with Crippen LogP contribution in [0.1, 0.15) is 27.4 Å². The van der Waals surface area contributed by atoms with Gasteiger partial charge in [0.1, 0.15) is 18.1 Å². The minimum atomic E-state index is -0.180. The van der Waals surface area contributed by atoms with Crippen molar-refractivity contribution in [2.75, 3.05) is 20.2 Å². The quantitative estimate of drug-likeness (QED) is 0.760. The van der Waals surface area contributed by atoms with E-state index in [-0.39, 0.29) is 11.8 Å². The van der Waals surface area contributed by atoms with Gasteiger partial charge in [0, 0.05) is 7.05 Å². The zero-order valence-electron chi connectivity index (χ0n) is 13.1. The third-order valence-electron chi connectivity index (χ3n) is 3.37. The molecule has 1 amide bonds. The van der Waals surface area contributed by atoms with Gasteiger partial charge in [-0.15, -0.1) is 11.6 Å². The molecule has 118 valence electrons. The summed E-state index contributed by atoms with van der Waals surface area (Å²) in [7, 11) is 1.72. The SMILES string of the molecule is Cc1ccc(OCCN(C)C(=O)c2ccc(CCl)o2)c(C)c1. The average Bonchev–Trinajstić information content (AvgIpc) is 2.97. The van der Waals surface area contributed by atoms with Crippen molar-refractivity contribution in [3.63, 3.8) is 0 Å². The molecule has 4 nitrogen and oxygen atoms in total. The Morgan fingerprint density at radius 1 is 1.27 bits per heavy atom. The van der Waals surface area contributed by atoms with E-state index in [0.29, 0.717) is 24.7 Å².